The minimum atomic E-state index is -3.45. The molecule has 2 heterocycles. The summed E-state index contributed by atoms with van der Waals surface area (Å²) in [6.45, 7) is 5.76. The molecule has 1 saturated heterocycles. The van der Waals surface area contributed by atoms with Gasteiger partial charge in [-0.15, -0.1) is 0 Å². The van der Waals surface area contributed by atoms with E-state index < -0.39 is 10.0 Å². The average Bonchev–Trinajstić information content (AvgIpc) is 2.89. The molecule has 1 fully saturated rings. The van der Waals surface area contributed by atoms with Crippen LogP contribution in [0.4, 0.5) is 0 Å². The topological polar surface area (TPSA) is 75.4 Å². The van der Waals surface area contributed by atoms with Crippen LogP contribution in [-0.4, -0.2) is 47.3 Å². The molecule has 0 radical (unpaired) electrons. The summed E-state index contributed by atoms with van der Waals surface area (Å²) >= 11 is 0. The van der Waals surface area contributed by atoms with E-state index in [9.17, 15) is 8.42 Å². The number of aliphatic hydroxyl groups is 1. The molecule has 114 valence electrons. The van der Waals surface area contributed by atoms with Gasteiger partial charge in [-0.2, -0.15) is 9.40 Å². The molecule has 0 bridgehead atoms. The molecular formula is C13H23N3O3S. The summed E-state index contributed by atoms with van der Waals surface area (Å²) < 4.78 is 28.0. The minimum absolute atomic E-state index is 0.0558. The molecule has 20 heavy (non-hydrogen) atoms. The Labute approximate surface area is 120 Å². The molecule has 1 aliphatic rings. The van der Waals surface area contributed by atoms with Gasteiger partial charge in [0.05, 0.1) is 19.3 Å². The Hall–Kier alpha value is -0.920. The number of aliphatic hydroxyl groups excluding tert-OH is 1. The van der Waals surface area contributed by atoms with Gasteiger partial charge in [0.1, 0.15) is 4.90 Å². The number of sulfonamides is 1. The molecule has 0 amide bonds. The summed E-state index contributed by atoms with van der Waals surface area (Å²) in [5.41, 5.74) is 0.257. The highest BCUT2D eigenvalue weighted by molar-refractivity contribution is 7.89. The molecule has 1 aliphatic heterocycles. The zero-order chi connectivity index (χ0) is 14.8. The zero-order valence-corrected chi connectivity index (χ0v) is 12.9. The number of nitrogens with zero attached hydrogens (tertiary/aromatic N) is 3. The fraction of sp³-hybridized carbons (Fsp3) is 0.769. The van der Waals surface area contributed by atoms with Gasteiger partial charge in [0.15, 0.2) is 0 Å². The lowest BCUT2D eigenvalue weighted by molar-refractivity contribution is 0.169. The first-order valence-corrected chi connectivity index (χ1v) is 8.49. The van der Waals surface area contributed by atoms with Crippen LogP contribution in [0.15, 0.2) is 17.3 Å². The SMILES string of the molecule is CCC1(C)CCN(S(=O)(=O)c2cnn(CCO)c2)CC1. The van der Waals surface area contributed by atoms with Crippen LogP contribution in [0.5, 0.6) is 0 Å². The molecule has 2 rings (SSSR count). The number of hydrogen-bond acceptors (Lipinski definition) is 4. The van der Waals surface area contributed by atoms with Crippen molar-refractivity contribution in [2.75, 3.05) is 19.7 Å². The van der Waals surface area contributed by atoms with Crippen LogP contribution in [0, 0.1) is 5.41 Å². The minimum Gasteiger partial charge on any atom is -0.394 e. The molecule has 0 atom stereocenters. The summed E-state index contributed by atoms with van der Waals surface area (Å²) in [5.74, 6) is 0. The molecule has 1 aromatic rings. The highest BCUT2D eigenvalue weighted by atomic mass is 32.2. The number of rotatable bonds is 5. The first-order chi connectivity index (χ1) is 9.41. The van der Waals surface area contributed by atoms with E-state index in [-0.39, 0.29) is 16.9 Å². The standard InChI is InChI=1S/C13H23N3O3S/c1-3-13(2)4-6-16(7-5-13)20(18,19)12-10-14-15(11-12)8-9-17/h10-11,17H,3-9H2,1-2H3. The maximum atomic E-state index is 12.5. The molecular weight excluding hydrogens is 278 g/mol. The normalized spacial score (nSPS) is 20.1. The fourth-order valence-corrected chi connectivity index (χ4v) is 3.87. The fourth-order valence-electron chi connectivity index (χ4n) is 2.47. The van der Waals surface area contributed by atoms with Crippen LogP contribution in [0.2, 0.25) is 0 Å². The van der Waals surface area contributed by atoms with E-state index in [1.54, 1.807) is 4.31 Å². The Balaban J connectivity index is 2.11. The van der Waals surface area contributed by atoms with Crippen LogP contribution in [0.3, 0.4) is 0 Å². The smallest absolute Gasteiger partial charge is 0.246 e. The average molecular weight is 301 g/mol. The molecule has 0 unspecified atom stereocenters. The van der Waals surface area contributed by atoms with Crippen molar-refractivity contribution in [3.05, 3.63) is 12.4 Å². The Kier molecular flexibility index (Phi) is 4.51. The highest BCUT2D eigenvalue weighted by Crippen LogP contribution is 2.35. The van der Waals surface area contributed by atoms with Crippen LogP contribution in [-0.2, 0) is 16.6 Å². The monoisotopic (exact) mass is 301 g/mol. The van der Waals surface area contributed by atoms with Crippen molar-refractivity contribution < 1.29 is 13.5 Å². The Morgan fingerprint density at radius 1 is 1.40 bits per heavy atom. The molecule has 0 aromatic carbocycles. The Morgan fingerprint density at radius 3 is 2.60 bits per heavy atom. The largest absolute Gasteiger partial charge is 0.394 e. The van der Waals surface area contributed by atoms with Crippen LogP contribution >= 0.6 is 0 Å². The van der Waals surface area contributed by atoms with E-state index in [0.717, 1.165) is 19.3 Å². The van der Waals surface area contributed by atoms with E-state index in [1.807, 2.05) is 0 Å². The van der Waals surface area contributed by atoms with Crippen LogP contribution in [0.25, 0.3) is 0 Å². The summed E-state index contributed by atoms with van der Waals surface area (Å²) in [7, 11) is -3.45. The van der Waals surface area contributed by atoms with E-state index >= 15 is 0 Å². The first-order valence-electron chi connectivity index (χ1n) is 7.05. The molecule has 0 saturated carbocycles. The second-order valence-corrected chi connectivity index (χ2v) is 7.67. The van der Waals surface area contributed by atoms with Gasteiger partial charge in [0.25, 0.3) is 0 Å². The van der Waals surface area contributed by atoms with Gasteiger partial charge in [0, 0.05) is 19.3 Å². The van der Waals surface area contributed by atoms with E-state index in [4.69, 9.17) is 5.11 Å². The molecule has 1 N–H and O–H groups in total. The maximum Gasteiger partial charge on any atom is 0.246 e. The third kappa shape index (κ3) is 3.05. The van der Waals surface area contributed by atoms with Gasteiger partial charge in [-0.3, -0.25) is 4.68 Å². The summed E-state index contributed by atoms with van der Waals surface area (Å²) in [4.78, 5) is 0.214. The van der Waals surface area contributed by atoms with Crippen molar-refractivity contribution in [1.29, 1.82) is 0 Å². The molecule has 0 aliphatic carbocycles. The third-order valence-corrected chi connectivity index (χ3v) is 6.21. The van der Waals surface area contributed by atoms with Crippen molar-refractivity contribution in [3.63, 3.8) is 0 Å². The lowest BCUT2D eigenvalue weighted by Crippen LogP contribution is -2.41. The lowest BCUT2D eigenvalue weighted by atomic mass is 9.79. The molecule has 0 spiro atoms. The predicted molar refractivity (Wildman–Crippen MR) is 75.7 cm³/mol. The second kappa shape index (κ2) is 5.83. The predicted octanol–water partition coefficient (Wildman–Crippen LogP) is 1.08. The van der Waals surface area contributed by atoms with Gasteiger partial charge in [-0.05, 0) is 18.3 Å². The van der Waals surface area contributed by atoms with Gasteiger partial charge >= 0.3 is 0 Å². The van der Waals surface area contributed by atoms with Gasteiger partial charge in [-0.25, -0.2) is 8.42 Å². The van der Waals surface area contributed by atoms with E-state index in [0.29, 0.717) is 19.6 Å². The number of hydrogen-bond donors (Lipinski definition) is 1. The highest BCUT2D eigenvalue weighted by Gasteiger charge is 2.34. The van der Waals surface area contributed by atoms with Gasteiger partial charge < -0.3 is 5.11 Å². The summed E-state index contributed by atoms with van der Waals surface area (Å²) in [6, 6.07) is 0. The zero-order valence-electron chi connectivity index (χ0n) is 12.1. The van der Waals surface area contributed by atoms with Crippen LogP contribution in [0.1, 0.15) is 33.1 Å². The van der Waals surface area contributed by atoms with Gasteiger partial charge in [0.2, 0.25) is 10.0 Å². The number of aromatic nitrogens is 2. The van der Waals surface area contributed by atoms with Crippen molar-refractivity contribution in [2.45, 2.75) is 44.6 Å². The number of piperidine rings is 1. The molecule has 7 heteroatoms. The summed E-state index contributed by atoms with van der Waals surface area (Å²) in [6.07, 6.45) is 5.72. The quantitative estimate of drug-likeness (QED) is 0.883. The van der Waals surface area contributed by atoms with Crippen molar-refractivity contribution in [1.82, 2.24) is 14.1 Å². The van der Waals surface area contributed by atoms with Crippen molar-refractivity contribution >= 4 is 10.0 Å². The van der Waals surface area contributed by atoms with Gasteiger partial charge in [-0.1, -0.05) is 20.3 Å². The van der Waals surface area contributed by atoms with Crippen molar-refractivity contribution in [3.8, 4) is 0 Å². The third-order valence-electron chi connectivity index (χ3n) is 4.36. The maximum absolute atomic E-state index is 12.5. The van der Waals surface area contributed by atoms with E-state index in [2.05, 4.69) is 18.9 Å². The lowest BCUT2D eigenvalue weighted by Gasteiger charge is -2.37. The van der Waals surface area contributed by atoms with E-state index in [1.165, 1.54) is 17.1 Å². The molecule has 6 nitrogen and oxygen atoms in total. The second-order valence-electron chi connectivity index (χ2n) is 5.73. The van der Waals surface area contributed by atoms with Crippen LogP contribution < -0.4 is 0 Å². The molecule has 1 aromatic heterocycles. The Bertz CT molecular complexity index is 545. The Morgan fingerprint density at radius 2 is 2.05 bits per heavy atom. The summed E-state index contributed by atoms with van der Waals surface area (Å²) in [5, 5.41) is 12.8. The first kappa shape index (κ1) is 15.5. The van der Waals surface area contributed by atoms with Crippen molar-refractivity contribution in [2.24, 2.45) is 5.41 Å².